The van der Waals surface area contributed by atoms with Gasteiger partial charge in [-0.25, -0.2) is 13.9 Å². The van der Waals surface area contributed by atoms with E-state index in [-0.39, 0.29) is 5.69 Å². The molecule has 11 heteroatoms. The van der Waals surface area contributed by atoms with Gasteiger partial charge >= 0.3 is 18.2 Å². The summed E-state index contributed by atoms with van der Waals surface area (Å²) in [4.78, 5) is 28.9. The maximum absolute atomic E-state index is 12.6. The van der Waals surface area contributed by atoms with E-state index in [2.05, 4.69) is 15.5 Å². The average molecular weight is 440 g/mol. The number of nitrogens with two attached hydrogens (primary N) is 1. The number of anilines is 2. The standard InChI is InChI=1S/C19H19F3N4O3S/c20-19(21,22)12-3-5-13(6-4-12)24-18(28)25-14-7-9-15(10-8-14)30-26-11-1-2-16(26)17(27)29-23/h3-10,16H,1-2,11,23H2,(H2,24,25,28). The first-order chi connectivity index (χ1) is 14.3. The lowest BCUT2D eigenvalue weighted by Gasteiger charge is -2.20. The van der Waals surface area contributed by atoms with Crippen LogP contribution in [0.4, 0.5) is 29.3 Å². The van der Waals surface area contributed by atoms with Crippen molar-refractivity contribution in [1.29, 1.82) is 0 Å². The number of nitrogens with one attached hydrogen (secondary N) is 2. The summed E-state index contributed by atoms with van der Waals surface area (Å²) in [6, 6.07) is 10.1. The van der Waals surface area contributed by atoms with Gasteiger partial charge in [0.25, 0.3) is 0 Å². The van der Waals surface area contributed by atoms with Gasteiger partial charge in [0.2, 0.25) is 0 Å². The maximum atomic E-state index is 12.6. The first kappa shape index (κ1) is 21.9. The van der Waals surface area contributed by atoms with Gasteiger partial charge in [-0.1, -0.05) is 0 Å². The number of benzene rings is 2. The van der Waals surface area contributed by atoms with Crippen molar-refractivity contribution in [2.45, 2.75) is 30.0 Å². The van der Waals surface area contributed by atoms with Crippen molar-refractivity contribution in [3.8, 4) is 0 Å². The predicted molar refractivity (Wildman–Crippen MR) is 106 cm³/mol. The highest BCUT2D eigenvalue weighted by Gasteiger charge is 2.32. The summed E-state index contributed by atoms with van der Waals surface area (Å²) in [5.74, 6) is 4.50. The summed E-state index contributed by atoms with van der Waals surface area (Å²) in [5.41, 5.74) is -0.0517. The number of urea groups is 1. The molecule has 1 atom stereocenters. The largest absolute Gasteiger partial charge is 0.416 e. The summed E-state index contributed by atoms with van der Waals surface area (Å²) >= 11 is 1.39. The molecule has 3 rings (SSSR count). The van der Waals surface area contributed by atoms with Gasteiger partial charge in [0.05, 0.1) is 5.56 Å². The van der Waals surface area contributed by atoms with E-state index in [4.69, 9.17) is 5.90 Å². The van der Waals surface area contributed by atoms with Gasteiger partial charge in [-0.2, -0.15) is 19.1 Å². The molecule has 30 heavy (non-hydrogen) atoms. The van der Waals surface area contributed by atoms with Crippen LogP contribution in [0.3, 0.4) is 0 Å². The number of alkyl halides is 3. The van der Waals surface area contributed by atoms with Crippen LogP contribution in [0, 0.1) is 0 Å². The molecule has 2 amide bonds. The van der Waals surface area contributed by atoms with Crippen molar-refractivity contribution in [1.82, 2.24) is 4.31 Å². The van der Waals surface area contributed by atoms with Crippen molar-refractivity contribution in [2.24, 2.45) is 5.90 Å². The van der Waals surface area contributed by atoms with Gasteiger partial charge in [0.1, 0.15) is 6.04 Å². The highest BCUT2D eigenvalue weighted by atomic mass is 32.2. The molecule has 1 aliphatic rings. The Bertz CT molecular complexity index is 891. The van der Waals surface area contributed by atoms with Crippen LogP contribution < -0.4 is 16.5 Å². The third-order valence-electron chi connectivity index (χ3n) is 4.40. The van der Waals surface area contributed by atoms with Crippen LogP contribution in [-0.2, 0) is 15.8 Å². The van der Waals surface area contributed by atoms with Crippen LogP contribution in [0.5, 0.6) is 0 Å². The van der Waals surface area contributed by atoms with Crippen LogP contribution in [0.15, 0.2) is 53.4 Å². The van der Waals surface area contributed by atoms with E-state index in [9.17, 15) is 22.8 Å². The fourth-order valence-corrected chi connectivity index (χ4v) is 4.00. The number of halogens is 3. The number of carbonyl (C=O) groups is 2. The monoisotopic (exact) mass is 440 g/mol. The third kappa shape index (κ3) is 5.65. The molecule has 0 radical (unpaired) electrons. The Morgan fingerprint density at radius 2 is 1.60 bits per heavy atom. The maximum Gasteiger partial charge on any atom is 0.416 e. The number of rotatable bonds is 5. The molecule has 1 heterocycles. The molecule has 1 unspecified atom stereocenters. The quantitative estimate of drug-likeness (QED) is 0.476. The molecule has 1 fully saturated rings. The van der Waals surface area contributed by atoms with Crippen molar-refractivity contribution in [2.75, 3.05) is 17.2 Å². The number of carbonyl (C=O) groups excluding carboxylic acids is 2. The van der Waals surface area contributed by atoms with E-state index < -0.39 is 29.8 Å². The van der Waals surface area contributed by atoms with Crippen molar-refractivity contribution >= 4 is 35.3 Å². The summed E-state index contributed by atoms with van der Waals surface area (Å²) in [6.07, 6.45) is -2.90. The third-order valence-corrected chi connectivity index (χ3v) is 5.55. The highest BCUT2D eigenvalue weighted by Crippen LogP contribution is 2.32. The van der Waals surface area contributed by atoms with E-state index >= 15 is 0 Å². The molecule has 4 N–H and O–H groups in total. The molecule has 1 aliphatic heterocycles. The Balaban J connectivity index is 1.54. The second-order valence-corrected chi connectivity index (χ2v) is 7.63. The molecule has 2 aromatic rings. The Kier molecular flexibility index (Phi) is 6.85. The Hall–Kier alpha value is -2.76. The topological polar surface area (TPSA) is 96.7 Å². The molecule has 0 saturated carbocycles. The van der Waals surface area contributed by atoms with Gasteiger partial charge < -0.3 is 15.5 Å². The fourth-order valence-electron chi connectivity index (χ4n) is 2.93. The van der Waals surface area contributed by atoms with E-state index in [1.807, 2.05) is 4.31 Å². The zero-order valence-electron chi connectivity index (χ0n) is 15.6. The average Bonchev–Trinajstić information content (AvgIpc) is 3.16. The first-order valence-electron chi connectivity index (χ1n) is 8.97. The Labute approximate surface area is 174 Å². The van der Waals surface area contributed by atoms with Crippen LogP contribution in [-0.4, -0.2) is 28.9 Å². The number of nitrogens with zero attached hydrogens (tertiary/aromatic N) is 1. The van der Waals surface area contributed by atoms with Crippen LogP contribution in [0.25, 0.3) is 0 Å². The smallest absolute Gasteiger partial charge is 0.372 e. The normalized spacial score (nSPS) is 16.9. The lowest BCUT2D eigenvalue weighted by molar-refractivity contribution is -0.147. The second kappa shape index (κ2) is 9.37. The van der Waals surface area contributed by atoms with E-state index in [1.54, 1.807) is 24.3 Å². The van der Waals surface area contributed by atoms with E-state index in [0.29, 0.717) is 12.1 Å². The lowest BCUT2D eigenvalue weighted by atomic mass is 10.2. The van der Waals surface area contributed by atoms with Gasteiger partial charge in [-0.15, -0.1) is 0 Å². The molecule has 1 saturated heterocycles. The van der Waals surface area contributed by atoms with Crippen molar-refractivity contribution in [3.05, 3.63) is 54.1 Å². The van der Waals surface area contributed by atoms with Crippen LogP contribution >= 0.6 is 11.9 Å². The van der Waals surface area contributed by atoms with Crippen molar-refractivity contribution in [3.63, 3.8) is 0 Å². The molecule has 0 aliphatic carbocycles. The van der Waals surface area contributed by atoms with E-state index in [0.717, 1.165) is 30.0 Å². The number of amides is 2. The highest BCUT2D eigenvalue weighted by molar-refractivity contribution is 7.97. The van der Waals surface area contributed by atoms with Crippen LogP contribution in [0.1, 0.15) is 18.4 Å². The number of hydrogen-bond acceptors (Lipinski definition) is 6. The SMILES string of the molecule is NOC(=O)C1CCCN1Sc1ccc(NC(=O)Nc2ccc(C(F)(F)F)cc2)cc1. The second-order valence-electron chi connectivity index (χ2n) is 6.51. The summed E-state index contributed by atoms with van der Waals surface area (Å²) in [7, 11) is 0. The van der Waals surface area contributed by atoms with E-state index in [1.165, 1.54) is 24.1 Å². The number of hydrogen-bond donors (Lipinski definition) is 3. The zero-order valence-corrected chi connectivity index (χ0v) is 16.4. The molecule has 0 spiro atoms. The summed E-state index contributed by atoms with van der Waals surface area (Å²) in [6.45, 7) is 0.722. The van der Waals surface area contributed by atoms with Gasteiger partial charge in [-0.05, 0) is 73.3 Å². The molecule has 0 aromatic heterocycles. The Morgan fingerprint density at radius 1 is 1.03 bits per heavy atom. The summed E-state index contributed by atoms with van der Waals surface area (Å²) < 4.78 is 39.6. The van der Waals surface area contributed by atoms with Gasteiger partial charge in [-0.3, -0.25) is 0 Å². The minimum Gasteiger partial charge on any atom is -0.372 e. The minimum atomic E-state index is -4.43. The Morgan fingerprint density at radius 3 is 2.13 bits per heavy atom. The van der Waals surface area contributed by atoms with Crippen molar-refractivity contribution < 1.29 is 27.6 Å². The molecule has 7 nitrogen and oxygen atoms in total. The molecular formula is C19H19F3N4O3S. The summed E-state index contributed by atoms with van der Waals surface area (Å²) in [5, 5.41) is 5.08. The zero-order chi connectivity index (χ0) is 21.7. The molecular weight excluding hydrogens is 421 g/mol. The van der Waals surface area contributed by atoms with Gasteiger partial charge in [0, 0.05) is 22.8 Å². The molecule has 0 bridgehead atoms. The first-order valence-corrected chi connectivity index (χ1v) is 9.74. The molecule has 2 aromatic carbocycles. The minimum absolute atomic E-state index is 0.236. The van der Waals surface area contributed by atoms with Crippen LogP contribution in [0.2, 0.25) is 0 Å². The lowest BCUT2D eigenvalue weighted by Crippen LogP contribution is -2.34. The fraction of sp³-hybridized carbons (Fsp3) is 0.263. The molecule has 160 valence electrons. The predicted octanol–water partition coefficient (Wildman–Crippen LogP) is 4.24. The van der Waals surface area contributed by atoms with Gasteiger partial charge in [0.15, 0.2) is 0 Å².